The molecule has 0 radical (unpaired) electrons. The molecule has 1 amide bonds. The number of piperidine rings is 1. The van der Waals surface area contributed by atoms with E-state index < -0.39 is 0 Å². The van der Waals surface area contributed by atoms with Crippen LogP contribution in [0.5, 0.6) is 5.75 Å². The molecule has 0 bridgehead atoms. The Morgan fingerprint density at radius 2 is 1.69 bits per heavy atom. The number of thiophene rings is 1. The van der Waals surface area contributed by atoms with Gasteiger partial charge in [-0.25, -0.2) is 0 Å². The van der Waals surface area contributed by atoms with Crippen molar-refractivity contribution < 1.29 is 9.53 Å². The molecular weight excluding hydrogens is 418 g/mol. The predicted octanol–water partition coefficient (Wildman–Crippen LogP) is 5.01. The Bertz CT molecular complexity index is 865. The van der Waals surface area contributed by atoms with Crippen LogP contribution in [0.3, 0.4) is 0 Å². The second-order valence-electron chi connectivity index (χ2n) is 9.81. The molecule has 6 heteroatoms. The highest BCUT2D eigenvalue weighted by atomic mass is 32.1. The summed E-state index contributed by atoms with van der Waals surface area (Å²) in [5.74, 6) is 1.20. The standard InChI is InChI=1S/C26H39N3O2S/c1-20(2)19-31-24-22-9-5-6-10-23(22)32-25(24)26(30)27-21-11-15-29(16-12-21)18-17-28-13-7-3-4-8-14-28/h5-6,9-10,20-21H,3-4,7-8,11-19H2,1-2H3,(H,27,30). The lowest BCUT2D eigenvalue weighted by atomic mass is 10.0. The molecule has 0 spiro atoms. The molecule has 2 aliphatic rings. The summed E-state index contributed by atoms with van der Waals surface area (Å²) >= 11 is 1.55. The number of carbonyl (C=O) groups excluding carboxylic acids is 1. The SMILES string of the molecule is CC(C)COc1c(C(=O)NC2CCN(CCN3CCCCCC3)CC2)sc2ccccc12. The lowest BCUT2D eigenvalue weighted by Crippen LogP contribution is -2.46. The number of likely N-dealkylation sites (tertiary alicyclic amines) is 2. The normalized spacial score (nSPS) is 19.3. The lowest BCUT2D eigenvalue weighted by molar-refractivity contribution is 0.0907. The minimum absolute atomic E-state index is 0.0213. The van der Waals surface area contributed by atoms with Gasteiger partial charge in [-0.3, -0.25) is 4.79 Å². The van der Waals surface area contributed by atoms with E-state index in [-0.39, 0.29) is 11.9 Å². The summed E-state index contributed by atoms with van der Waals surface area (Å²) in [6, 6.07) is 8.41. The van der Waals surface area contributed by atoms with Crippen LogP contribution in [-0.2, 0) is 0 Å². The quantitative estimate of drug-likeness (QED) is 0.605. The maximum absolute atomic E-state index is 13.2. The number of benzene rings is 1. The number of carbonyl (C=O) groups is 1. The van der Waals surface area contributed by atoms with Crippen LogP contribution in [0.1, 0.15) is 62.0 Å². The summed E-state index contributed by atoms with van der Waals surface area (Å²) in [4.78, 5) is 19.1. The summed E-state index contributed by atoms with van der Waals surface area (Å²) in [5, 5.41) is 4.36. The minimum atomic E-state index is 0.0213. The zero-order chi connectivity index (χ0) is 22.3. The molecule has 4 rings (SSSR count). The highest BCUT2D eigenvalue weighted by Crippen LogP contribution is 2.38. The van der Waals surface area contributed by atoms with Gasteiger partial charge in [0.15, 0.2) is 5.75 Å². The fourth-order valence-corrected chi connectivity index (χ4v) is 5.81. The molecule has 32 heavy (non-hydrogen) atoms. The van der Waals surface area contributed by atoms with E-state index in [2.05, 4.69) is 41.1 Å². The van der Waals surface area contributed by atoms with Crippen LogP contribution in [0.25, 0.3) is 10.1 Å². The van der Waals surface area contributed by atoms with Crippen LogP contribution >= 0.6 is 11.3 Å². The van der Waals surface area contributed by atoms with Crippen LogP contribution in [0, 0.1) is 5.92 Å². The second-order valence-corrected chi connectivity index (χ2v) is 10.9. The van der Waals surface area contributed by atoms with Gasteiger partial charge in [0.2, 0.25) is 0 Å². The van der Waals surface area contributed by atoms with Gasteiger partial charge >= 0.3 is 0 Å². The minimum Gasteiger partial charge on any atom is -0.491 e. The zero-order valence-corrected chi connectivity index (χ0v) is 20.6. The van der Waals surface area contributed by atoms with Crippen molar-refractivity contribution in [3.8, 4) is 5.75 Å². The van der Waals surface area contributed by atoms with Gasteiger partial charge in [-0.1, -0.05) is 38.8 Å². The predicted molar refractivity (Wildman–Crippen MR) is 134 cm³/mol. The molecule has 176 valence electrons. The van der Waals surface area contributed by atoms with Gasteiger partial charge in [0.25, 0.3) is 5.91 Å². The first-order valence-electron chi connectivity index (χ1n) is 12.5. The molecule has 0 saturated carbocycles. The Morgan fingerprint density at radius 1 is 1.03 bits per heavy atom. The van der Waals surface area contributed by atoms with Crippen LogP contribution in [0.4, 0.5) is 0 Å². The maximum atomic E-state index is 13.2. The van der Waals surface area contributed by atoms with E-state index in [9.17, 15) is 4.79 Å². The number of rotatable bonds is 8. The van der Waals surface area contributed by atoms with Crippen LogP contribution in [0.15, 0.2) is 24.3 Å². The van der Waals surface area contributed by atoms with E-state index in [1.807, 2.05) is 12.1 Å². The van der Waals surface area contributed by atoms with E-state index in [1.54, 1.807) is 11.3 Å². The number of ether oxygens (including phenoxy) is 1. The highest BCUT2D eigenvalue weighted by molar-refractivity contribution is 7.21. The first kappa shape index (κ1) is 23.5. The summed E-state index contributed by atoms with van der Waals surface area (Å²) in [6.07, 6.45) is 7.55. The molecule has 1 aromatic heterocycles. The molecule has 5 nitrogen and oxygen atoms in total. The van der Waals surface area contributed by atoms with Crippen LogP contribution in [-0.4, -0.2) is 67.6 Å². The second kappa shape index (κ2) is 11.5. The lowest BCUT2D eigenvalue weighted by Gasteiger charge is -2.33. The van der Waals surface area contributed by atoms with Crippen molar-refractivity contribution in [1.29, 1.82) is 0 Å². The maximum Gasteiger partial charge on any atom is 0.265 e. The van der Waals surface area contributed by atoms with Gasteiger partial charge < -0.3 is 19.9 Å². The number of fused-ring (bicyclic) bond motifs is 1. The van der Waals surface area contributed by atoms with E-state index in [0.717, 1.165) is 53.2 Å². The van der Waals surface area contributed by atoms with Crippen molar-refractivity contribution in [2.24, 2.45) is 5.92 Å². The van der Waals surface area contributed by atoms with Gasteiger partial charge in [0.05, 0.1) is 6.61 Å². The largest absolute Gasteiger partial charge is 0.491 e. The van der Waals surface area contributed by atoms with E-state index >= 15 is 0 Å². The molecule has 0 unspecified atom stereocenters. The monoisotopic (exact) mass is 457 g/mol. The number of nitrogens with zero attached hydrogens (tertiary/aromatic N) is 2. The number of hydrogen-bond acceptors (Lipinski definition) is 5. The van der Waals surface area contributed by atoms with Gasteiger partial charge in [-0.05, 0) is 56.8 Å². The fourth-order valence-electron chi connectivity index (χ4n) is 4.76. The average molecular weight is 458 g/mol. The van der Waals surface area contributed by atoms with E-state index in [0.29, 0.717) is 12.5 Å². The van der Waals surface area contributed by atoms with Gasteiger partial charge in [0, 0.05) is 42.3 Å². The molecule has 1 N–H and O–H groups in total. The molecule has 2 fully saturated rings. The third-order valence-electron chi connectivity index (χ3n) is 6.67. The molecule has 0 atom stereocenters. The first-order chi connectivity index (χ1) is 15.6. The molecule has 0 aliphatic carbocycles. The number of hydrogen-bond donors (Lipinski definition) is 1. The Hall–Kier alpha value is -1.63. The van der Waals surface area contributed by atoms with Crippen molar-refractivity contribution in [3.05, 3.63) is 29.1 Å². The highest BCUT2D eigenvalue weighted by Gasteiger charge is 2.25. The molecule has 3 heterocycles. The Morgan fingerprint density at radius 3 is 2.38 bits per heavy atom. The van der Waals surface area contributed by atoms with Gasteiger partial charge in [0.1, 0.15) is 4.88 Å². The van der Waals surface area contributed by atoms with Gasteiger partial charge in [-0.15, -0.1) is 11.3 Å². The molecule has 2 aliphatic heterocycles. The molecular formula is C26H39N3O2S. The topological polar surface area (TPSA) is 44.8 Å². The van der Waals surface area contributed by atoms with E-state index in [4.69, 9.17) is 4.74 Å². The Kier molecular flexibility index (Phi) is 8.44. The van der Waals surface area contributed by atoms with Crippen molar-refractivity contribution in [1.82, 2.24) is 15.1 Å². The first-order valence-corrected chi connectivity index (χ1v) is 13.3. The van der Waals surface area contributed by atoms with Crippen LogP contribution < -0.4 is 10.1 Å². The molecule has 2 saturated heterocycles. The third kappa shape index (κ3) is 6.24. The summed E-state index contributed by atoms with van der Waals surface area (Å²) in [7, 11) is 0. The Balaban J connectivity index is 1.30. The molecule has 1 aromatic carbocycles. The van der Waals surface area contributed by atoms with Gasteiger partial charge in [-0.2, -0.15) is 0 Å². The summed E-state index contributed by atoms with van der Waals surface area (Å²) < 4.78 is 7.23. The van der Waals surface area contributed by atoms with Crippen molar-refractivity contribution >= 4 is 27.3 Å². The van der Waals surface area contributed by atoms with Crippen molar-refractivity contribution in [2.45, 2.75) is 58.4 Å². The van der Waals surface area contributed by atoms with Crippen LogP contribution in [0.2, 0.25) is 0 Å². The average Bonchev–Trinajstić information content (AvgIpc) is 2.96. The van der Waals surface area contributed by atoms with Crippen molar-refractivity contribution in [3.63, 3.8) is 0 Å². The van der Waals surface area contributed by atoms with E-state index in [1.165, 1.54) is 45.3 Å². The summed E-state index contributed by atoms with van der Waals surface area (Å²) in [5.41, 5.74) is 0. The number of nitrogens with one attached hydrogen (secondary N) is 1. The summed E-state index contributed by atoms with van der Waals surface area (Å²) in [6.45, 7) is 11.9. The smallest absolute Gasteiger partial charge is 0.265 e. The zero-order valence-electron chi connectivity index (χ0n) is 19.8. The molecule has 2 aromatic rings. The number of amides is 1. The third-order valence-corrected chi connectivity index (χ3v) is 7.82. The van der Waals surface area contributed by atoms with Crippen molar-refractivity contribution in [2.75, 3.05) is 45.9 Å². The Labute approximate surface area is 197 Å². The fraction of sp³-hybridized carbons (Fsp3) is 0.654.